The number of hydrogen-bond donors (Lipinski definition) is 11. The van der Waals surface area contributed by atoms with Crippen molar-refractivity contribution >= 4 is 45.1 Å². The molecule has 0 amide bonds. The van der Waals surface area contributed by atoms with Crippen LogP contribution >= 0.6 is 21.6 Å². The molecule has 468 valence electrons. The van der Waals surface area contributed by atoms with Crippen LogP contribution in [-0.2, 0) is 19.1 Å². The van der Waals surface area contributed by atoms with Gasteiger partial charge in [-0.05, 0) is 178 Å². The number of carbonyl (C=O) groups excluding carboxylic acids is 3. The summed E-state index contributed by atoms with van der Waals surface area (Å²) in [6, 6.07) is 8.82. The number of aliphatic imine (C=N–C) groups is 1. The Morgan fingerprint density at radius 2 is 1.69 bits per heavy atom. The number of nitrogens with one attached hydrogen (secondary N) is 2. The molecule has 5 saturated carbocycles. The van der Waals surface area contributed by atoms with Gasteiger partial charge in [-0.15, -0.1) is 5.92 Å². The van der Waals surface area contributed by atoms with Crippen molar-refractivity contribution in [1.82, 2.24) is 10.3 Å². The van der Waals surface area contributed by atoms with Crippen LogP contribution in [0.25, 0.3) is 0 Å². The molecule has 86 heavy (non-hydrogen) atoms. The molecular weight excluding hydrogens is 1130 g/mol. The highest BCUT2D eigenvalue weighted by Gasteiger charge is 2.76. The van der Waals surface area contributed by atoms with Crippen LogP contribution < -0.4 is 16.8 Å². The summed E-state index contributed by atoms with van der Waals surface area (Å²) in [6.45, 7) is 3.78. The van der Waals surface area contributed by atoms with Gasteiger partial charge in [-0.1, -0.05) is 77.5 Å². The molecule has 2 aromatic rings. The smallest absolute Gasteiger partial charge is 0.313 e. The van der Waals surface area contributed by atoms with Gasteiger partial charge in [0, 0.05) is 90.8 Å². The first-order valence-corrected chi connectivity index (χ1v) is 35.0. The van der Waals surface area contributed by atoms with Crippen LogP contribution in [0.1, 0.15) is 152 Å². The SMILES string of the molecule is C[C@@H]1CCC2=CC[C@H]3[C@H](CO)C[C@@H](O)[C@](C)(O)[C@H]4[C@@H](CC#C[C@H]([C@@H]5COC(=O)[C@H]5c5cc[nH]c5)C[C@@H]3[C@H]2C1)C[C@@]1(O)C2=C3NCC(=O)C[C@H](c5ccc(O)cc5)CSSC[C@@H]5[C@@H](O)[C@@H](O)C[C@@](C6CCCCC6)([C@@H]5C3=O)[C@H]2CC[C@]41CCN=C(N)N. The lowest BCUT2D eigenvalue weighted by Gasteiger charge is -2.66. The van der Waals surface area contributed by atoms with Crippen LogP contribution in [0.3, 0.4) is 0 Å². The number of carbonyl (C=O) groups is 3. The number of allylic oxidation sites excluding steroid dienone is 3. The van der Waals surface area contributed by atoms with Gasteiger partial charge in [-0.25, -0.2) is 0 Å². The normalized spacial score (nSPS) is 43.1. The first-order valence-electron chi connectivity index (χ1n) is 32.5. The highest BCUT2D eigenvalue weighted by Crippen LogP contribution is 2.74. The van der Waals surface area contributed by atoms with Gasteiger partial charge in [0.05, 0.1) is 54.3 Å². The number of aromatic hydroxyl groups is 1. The number of aromatic nitrogens is 1. The van der Waals surface area contributed by atoms with E-state index >= 15 is 9.90 Å². The fourth-order valence-corrected chi connectivity index (χ4v) is 23.4. The third-order valence-electron chi connectivity index (χ3n) is 24.3. The first-order chi connectivity index (χ1) is 41.3. The Bertz CT molecular complexity index is 2990. The third kappa shape index (κ3) is 10.8. The minimum Gasteiger partial charge on any atom is -0.508 e. The lowest BCUT2D eigenvalue weighted by atomic mass is 9.39. The fraction of sp³-hybridized carbons (Fsp3) is 0.706. The molecule has 12 rings (SSSR count). The van der Waals surface area contributed by atoms with Gasteiger partial charge in [-0.3, -0.25) is 19.4 Å². The van der Waals surface area contributed by atoms with Gasteiger partial charge >= 0.3 is 5.97 Å². The van der Waals surface area contributed by atoms with E-state index < -0.39 is 81.8 Å². The molecule has 1 aromatic heterocycles. The van der Waals surface area contributed by atoms with Gasteiger partial charge in [0.15, 0.2) is 17.5 Å². The number of phenols is 1. The number of H-pyrrole nitrogens is 1. The van der Waals surface area contributed by atoms with E-state index in [-0.39, 0.29) is 141 Å². The van der Waals surface area contributed by atoms with E-state index in [1.807, 2.05) is 30.6 Å². The van der Waals surface area contributed by atoms with Crippen molar-refractivity contribution < 1.29 is 54.9 Å². The van der Waals surface area contributed by atoms with E-state index in [4.69, 9.17) is 16.2 Å². The molecule has 3 heterocycles. The van der Waals surface area contributed by atoms with E-state index in [1.165, 1.54) is 5.57 Å². The zero-order chi connectivity index (χ0) is 60.5. The number of rotatable bonds is 8. The van der Waals surface area contributed by atoms with Crippen LogP contribution in [0.4, 0.5) is 0 Å². The molecule has 7 fully saturated rings. The lowest BCUT2D eigenvalue weighted by molar-refractivity contribution is -0.205. The number of fused-ring (bicyclic) bond motifs is 10. The maximum Gasteiger partial charge on any atom is 0.313 e. The van der Waals surface area contributed by atoms with E-state index in [2.05, 4.69) is 40.1 Å². The number of benzene rings is 1. The Morgan fingerprint density at radius 3 is 2.43 bits per heavy atom. The van der Waals surface area contributed by atoms with Gasteiger partial charge in [-0.2, -0.15) is 0 Å². The second kappa shape index (κ2) is 24.8. The molecule has 18 heteroatoms. The number of aromatic amines is 1. The molecule has 0 unspecified atom stereocenters. The Hall–Kier alpha value is -4.32. The number of ether oxygens (including phenoxy) is 1. The summed E-state index contributed by atoms with van der Waals surface area (Å²) in [4.78, 5) is 53.0. The van der Waals surface area contributed by atoms with E-state index in [0.717, 1.165) is 62.5 Å². The molecule has 21 atom stereocenters. The maximum absolute atomic E-state index is 16.6. The van der Waals surface area contributed by atoms with Crippen LogP contribution in [0, 0.1) is 99.6 Å². The van der Waals surface area contributed by atoms with Crippen molar-refractivity contribution in [2.45, 2.75) is 171 Å². The van der Waals surface area contributed by atoms with Crippen molar-refractivity contribution in [3.8, 4) is 17.6 Å². The standard InChI is InChI=1S/C68H93N5O11S2/c1-37-11-12-39-15-18-48-43(33-74)28-55(78)65(2,82)62-41(8-6-7-40(27-50(48)49(39)25-37)51-34-84-63(81)56(51)42-20-23-71-31-42)29-68(83)58-53(19-21-66(62,68)22-24-72-64(69)70)67(45-9-4-3-5-10-45)30-54(77)60(79)52-36-86-85-35-44(38-13-16-46(75)17-14-38)26-47(76)32-73-59(58)61(80)57(52)67/h13-17,20,23,31,37,40-41,43-45,48-57,60,62,71,73-75,77-79,82-83H,3-5,8-12,18-19,21-22,24-30,32-36H2,1-2H3,(H4,69,70,72)/t37-,40+,41+,43+,44+,48+,49+,50+,51+,52+,53+,54+,55-,56+,57+,60-,62-,65+,66+,67+,68-/m1/s1. The molecule has 2 saturated heterocycles. The van der Waals surface area contributed by atoms with Crippen LogP contribution in [0.2, 0.25) is 0 Å². The fourth-order valence-electron chi connectivity index (χ4n) is 20.6. The summed E-state index contributed by atoms with van der Waals surface area (Å²) >= 11 is 0. The summed E-state index contributed by atoms with van der Waals surface area (Å²) in [7, 11) is 3.13. The molecular formula is C68H93N5O11S2. The zero-order valence-electron chi connectivity index (χ0n) is 50.2. The van der Waals surface area contributed by atoms with Gasteiger partial charge < -0.3 is 62.3 Å². The Labute approximate surface area is 514 Å². The highest BCUT2D eigenvalue weighted by atomic mass is 33.1. The molecule has 16 nitrogen and oxygen atoms in total. The first kappa shape index (κ1) is 61.9. The minimum atomic E-state index is -1.94. The number of guanidine groups is 1. The number of aliphatic hydroxyl groups is 6. The summed E-state index contributed by atoms with van der Waals surface area (Å²) < 4.78 is 5.98. The quantitative estimate of drug-likeness (QED) is 0.0306. The lowest BCUT2D eigenvalue weighted by Crippen LogP contribution is -2.69. The molecule has 0 radical (unpaired) electrons. The predicted octanol–water partition coefficient (Wildman–Crippen LogP) is 7.42. The molecule has 1 aromatic carbocycles. The van der Waals surface area contributed by atoms with E-state index in [0.29, 0.717) is 48.7 Å². The van der Waals surface area contributed by atoms with E-state index in [1.54, 1.807) is 40.6 Å². The number of esters is 1. The molecule has 2 bridgehead atoms. The average molecular weight is 1220 g/mol. The topological polar surface area (TPSA) is 294 Å². The number of aliphatic hydroxyl groups excluding tert-OH is 4. The molecule has 10 aliphatic rings. The number of ketones is 2. The van der Waals surface area contributed by atoms with Gasteiger partial charge in [0.25, 0.3) is 0 Å². The Kier molecular flexibility index (Phi) is 17.9. The number of phenolic OH excluding ortho intramolecular Hbond substituents is 1. The summed E-state index contributed by atoms with van der Waals surface area (Å²) in [5.74, 6) is 2.97. The predicted molar refractivity (Wildman–Crippen MR) is 332 cm³/mol. The summed E-state index contributed by atoms with van der Waals surface area (Å²) in [5, 5.41) is 92.5. The van der Waals surface area contributed by atoms with Crippen LogP contribution in [-0.4, -0.2) is 132 Å². The average Bonchev–Trinajstić information content (AvgIpc) is 1.19. The van der Waals surface area contributed by atoms with Crippen molar-refractivity contribution in [2.75, 3.05) is 37.8 Å². The second-order valence-corrected chi connectivity index (χ2v) is 31.1. The molecule has 0 spiro atoms. The molecule has 8 aliphatic carbocycles. The monoisotopic (exact) mass is 1220 g/mol. The maximum atomic E-state index is 16.6. The van der Waals surface area contributed by atoms with Crippen molar-refractivity contribution in [2.24, 2.45) is 104 Å². The van der Waals surface area contributed by atoms with E-state index in [9.17, 15) is 40.2 Å². The second-order valence-electron chi connectivity index (χ2n) is 28.6. The Morgan fingerprint density at radius 1 is 0.907 bits per heavy atom. The number of nitrogens with zero attached hydrogens (tertiary/aromatic N) is 1. The Balaban J connectivity index is 1.04. The van der Waals surface area contributed by atoms with Crippen LogP contribution in [0.5, 0.6) is 5.75 Å². The van der Waals surface area contributed by atoms with Crippen molar-refractivity contribution in [3.05, 3.63) is 76.8 Å². The number of hydrogen-bond acceptors (Lipinski definition) is 15. The molecule has 13 N–H and O–H groups in total. The third-order valence-corrected chi connectivity index (χ3v) is 26.9. The number of nitrogens with two attached hydrogens (primary N) is 2. The van der Waals surface area contributed by atoms with Crippen molar-refractivity contribution in [1.29, 1.82) is 0 Å². The zero-order valence-corrected chi connectivity index (χ0v) is 51.8. The summed E-state index contributed by atoms with van der Waals surface area (Å²) in [6.07, 6.45) is 12.7. The minimum absolute atomic E-state index is 0.0221. The number of cyclic esters (lactones) is 1. The molecule has 2 aliphatic heterocycles. The summed E-state index contributed by atoms with van der Waals surface area (Å²) in [5.41, 5.74) is 9.97. The largest absolute Gasteiger partial charge is 0.508 e. The van der Waals surface area contributed by atoms with Gasteiger partial charge in [0.1, 0.15) is 5.75 Å². The number of Topliss-reactive ketones (excluding diaryl/α,β-unsaturated/α-hetero) is 2. The van der Waals surface area contributed by atoms with Crippen molar-refractivity contribution in [3.63, 3.8) is 0 Å². The van der Waals surface area contributed by atoms with Gasteiger partial charge in [0.2, 0.25) is 0 Å². The van der Waals surface area contributed by atoms with Crippen LogP contribution in [0.15, 0.2) is 70.6 Å². The highest BCUT2D eigenvalue weighted by molar-refractivity contribution is 8.76.